The number of hydrogen-bond acceptors (Lipinski definition) is 2. The van der Waals surface area contributed by atoms with Crippen molar-refractivity contribution in [2.75, 3.05) is 0 Å². The number of nitrogens with two attached hydrogens (primary N) is 1. The van der Waals surface area contributed by atoms with Crippen LogP contribution < -0.4 is 5.73 Å². The van der Waals surface area contributed by atoms with Crippen LogP contribution in [-0.2, 0) is 0 Å². The fraction of sp³-hybridized carbons (Fsp3) is 0.500. The van der Waals surface area contributed by atoms with Gasteiger partial charge in [0.05, 0.1) is 6.10 Å². The van der Waals surface area contributed by atoms with Gasteiger partial charge in [0.25, 0.3) is 0 Å². The second kappa shape index (κ2) is 5.75. The first-order valence-electron chi connectivity index (χ1n) is 5.01. The molecular weight excluding hydrogens is 273 g/mol. The zero-order valence-corrected chi connectivity index (χ0v) is 11.5. The second-order valence-corrected chi connectivity index (χ2v) is 4.89. The topological polar surface area (TPSA) is 46.2 Å². The van der Waals surface area contributed by atoms with E-state index in [9.17, 15) is 9.50 Å². The standard InChI is InChI=1S/C12H18FNO.BrH/c1-12(2,3)11(14)10(15)8-5-4-6-9(13)7-8;/h4-7,10-11,15H,14H2,1-3H3;1H. The lowest BCUT2D eigenvalue weighted by Crippen LogP contribution is -2.40. The Morgan fingerprint density at radius 1 is 1.31 bits per heavy atom. The maximum absolute atomic E-state index is 12.9. The van der Waals surface area contributed by atoms with Gasteiger partial charge in [-0.15, -0.1) is 17.0 Å². The summed E-state index contributed by atoms with van der Waals surface area (Å²) in [5.74, 6) is -0.354. The van der Waals surface area contributed by atoms with E-state index < -0.39 is 12.1 Å². The Hall–Kier alpha value is -0.450. The van der Waals surface area contributed by atoms with Crippen molar-refractivity contribution in [2.24, 2.45) is 11.1 Å². The summed E-state index contributed by atoms with van der Waals surface area (Å²) in [6, 6.07) is 5.50. The van der Waals surface area contributed by atoms with Gasteiger partial charge in [-0.1, -0.05) is 32.9 Å². The molecule has 16 heavy (non-hydrogen) atoms. The van der Waals surface area contributed by atoms with Crippen molar-refractivity contribution < 1.29 is 9.50 Å². The van der Waals surface area contributed by atoms with Crippen LogP contribution in [0.2, 0.25) is 0 Å². The van der Waals surface area contributed by atoms with Gasteiger partial charge < -0.3 is 10.8 Å². The highest BCUT2D eigenvalue weighted by Crippen LogP contribution is 2.28. The average molecular weight is 292 g/mol. The molecule has 0 radical (unpaired) electrons. The summed E-state index contributed by atoms with van der Waals surface area (Å²) in [5.41, 5.74) is 6.21. The van der Waals surface area contributed by atoms with Crippen LogP contribution in [0, 0.1) is 11.2 Å². The Morgan fingerprint density at radius 3 is 2.31 bits per heavy atom. The molecular formula is C12H19BrFNO. The highest BCUT2D eigenvalue weighted by molar-refractivity contribution is 8.93. The minimum atomic E-state index is -0.833. The van der Waals surface area contributed by atoms with E-state index >= 15 is 0 Å². The van der Waals surface area contributed by atoms with E-state index in [2.05, 4.69) is 0 Å². The fourth-order valence-corrected chi connectivity index (χ4v) is 1.37. The minimum Gasteiger partial charge on any atom is -0.387 e. The Balaban J connectivity index is 0.00000225. The largest absolute Gasteiger partial charge is 0.387 e. The molecule has 0 aliphatic rings. The molecule has 4 heteroatoms. The van der Waals surface area contributed by atoms with E-state index in [-0.39, 0.29) is 28.2 Å². The van der Waals surface area contributed by atoms with Crippen LogP contribution in [0.3, 0.4) is 0 Å². The molecule has 2 atom stereocenters. The van der Waals surface area contributed by atoms with Gasteiger partial charge in [-0.05, 0) is 23.1 Å². The van der Waals surface area contributed by atoms with Crippen molar-refractivity contribution >= 4 is 17.0 Å². The fourth-order valence-electron chi connectivity index (χ4n) is 1.37. The number of aliphatic hydroxyl groups excluding tert-OH is 1. The van der Waals surface area contributed by atoms with E-state index in [1.54, 1.807) is 12.1 Å². The van der Waals surface area contributed by atoms with Crippen LogP contribution in [0.5, 0.6) is 0 Å². The van der Waals surface area contributed by atoms with E-state index in [0.717, 1.165) is 0 Å². The maximum Gasteiger partial charge on any atom is 0.123 e. The quantitative estimate of drug-likeness (QED) is 0.880. The van der Waals surface area contributed by atoms with Gasteiger partial charge in [-0.3, -0.25) is 0 Å². The summed E-state index contributed by atoms with van der Waals surface area (Å²) < 4.78 is 12.9. The number of halogens is 2. The van der Waals surface area contributed by atoms with Crippen molar-refractivity contribution in [1.29, 1.82) is 0 Å². The van der Waals surface area contributed by atoms with Gasteiger partial charge in [-0.2, -0.15) is 0 Å². The number of rotatable bonds is 2. The summed E-state index contributed by atoms with van der Waals surface area (Å²) in [6.07, 6.45) is -0.833. The predicted molar refractivity (Wildman–Crippen MR) is 69.1 cm³/mol. The Kier molecular flexibility index (Phi) is 5.59. The maximum atomic E-state index is 12.9. The van der Waals surface area contributed by atoms with Crippen molar-refractivity contribution in [3.05, 3.63) is 35.6 Å². The van der Waals surface area contributed by atoms with Crippen molar-refractivity contribution in [3.8, 4) is 0 Å². The van der Waals surface area contributed by atoms with Crippen LogP contribution in [0.1, 0.15) is 32.4 Å². The molecule has 92 valence electrons. The average Bonchev–Trinajstić information content (AvgIpc) is 2.14. The molecule has 0 fully saturated rings. The van der Waals surface area contributed by atoms with Crippen LogP contribution in [0.25, 0.3) is 0 Å². The van der Waals surface area contributed by atoms with Crippen LogP contribution >= 0.6 is 17.0 Å². The summed E-state index contributed by atoms with van der Waals surface area (Å²) in [5, 5.41) is 9.96. The van der Waals surface area contributed by atoms with E-state index in [4.69, 9.17) is 5.73 Å². The van der Waals surface area contributed by atoms with Crippen molar-refractivity contribution in [1.82, 2.24) is 0 Å². The molecule has 0 aliphatic carbocycles. The molecule has 0 aliphatic heterocycles. The molecule has 3 N–H and O–H groups in total. The zero-order valence-electron chi connectivity index (χ0n) is 9.77. The molecule has 0 saturated carbocycles. The van der Waals surface area contributed by atoms with Crippen LogP contribution in [0.15, 0.2) is 24.3 Å². The number of hydrogen-bond donors (Lipinski definition) is 2. The number of aliphatic hydroxyl groups is 1. The minimum absolute atomic E-state index is 0. The Morgan fingerprint density at radius 2 is 1.88 bits per heavy atom. The molecule has 0 amide bonds. The molecule has 0 saturated heterocycles. The zero-order chi connectivity index (χ0) is 11.6. The molecule has 1 aromatic rings. The molecule has 2 unspecified atom stereocenters. The van der Waals surface area contributed by atoms with Gasteiger partial charge in [0.15, 0.2) is 0 Å². The molecule has 0 heterocycles. The summed E-state index contributed by atoms with van der Waals surface area (Å²) in [4.78, 5) is 0. The third kappa shape index (κ3) is 3.85. The normalized spacial score (nSPS) is 15.1. The van der Waals surface area contributed by atoms with Gasteiger partial charge in [-0.25, -0.2) is 4.39 Å². The molecule has 0 aromatic heterocycles. The van der Waals surface area contributed by atoms with Gasteiger partial charge in [0.2, 0.25) is 0 Å². The smallest absolute Gasteiger partial charge is 0.123 e. The van der Waals surface area contributed by atoms with Crippen molar-refractivity contribution in [2.45, 2.75) is 32.9 Å². The second-order valence-electron chi connectivity index (χ2n) is 4.89. The van der Waals surface area contributed by atoms with E-state index in [1.165, 1.54) is 12.1 Å². The third-order valence-electron chi connectivity index (χ3n) is 2.53. The molecule has 1 aromatic carbocycles. The van der Waals surface area contributed by atoms with Crippen LogP contribution in [-0.4, -0.2) is 11.1 Å². The Labute approximate surface area is 106 Å². The highest BCUT2D eigenvalue weighted by Gasteiger charge is 2.28. The SMILES string of the molecule is Br.CC(C)(C)C(N)C(O)c1cccc(F)c1. The summed E-state index contributed by atoms with van der Waals surface area (Å²) in [6.45, 7) is 5.83. The van der Waals surface area contributed by atoms with Gasteiger partial charge in [0, 0.05) is 6.04 Å². The molecule has 0 bridgehead atoms. The molecule has 2 nitrogen and oxygen atoms in total. The van der Waals surface area contributed by atoms with E-state index in [0.29, 0.717) is 5.56 Å². The Bertz CT molecular complexity index is 338. The predicted octanol–water partition coefficient (Wildman–Crippen LogP) is 2.81. The first-order chi connectivity index (χ1) is 6.82. The van der Waals surface area contributed by atoms with Gasteiger partial charge >= 0.3 is 0 Å². The van der Waals surface area contributed by atoms with E-state index in [1.807, 2.05) is 20.8 Å². The summed E-state index contributed by atoms with van der Waals surface area (Å²) >= 11 is 0. The first-order valence-corrected chi connectivity index (χ1v) is 5.01. The van der Waals surface area contributed by atoms with Crippen LogP contribution in [0.4, 0.5) is 4.39 Å². The molecule has 0 spiro atoms. The lowest BCUT2D eigenvalue weighted by Gasteiger charge is -2.31. The lowest BCUT2D eigenvalue weighted by atomic mass is 9.82. The van der Waals surface area contributed by atoms with Gasteiger partial charge in [0.1, 0.15) is 5.82 Å². The third-order valence-corrected chi connectivity index (χ3v) is 2.53. The highest BCUT2D eigenvalue weighted by atomic mass is 79.9. The number of benzene rings is 1. The summed E-state index contributed by atoms with van der Waals surface area (Å²) in [7, 11) is 0. The first kappa shape index (κ1) is 15.6. The molecule has 1 rings (SSSR count). The monoisotopic (exact) mass is 291 g/mol. The van der Waals surface area contributed by atoms with Crippen molar-refractivity contribution in [3.63, 3.8) is 0 Å². The lowest BCUT2D eigenvalue weighted by molar-refractivity contribution is 0.0923.